The second-order valence-corrected chi connectivity index (χ2v) is 3.67. The maximum atomic E-state index is 10.4. The van der Waals surface area contributed by atoms with E-state index in [0.717, 1.165) is 0 Å². The molecule has 0 bridgehead atoms. The van der Waals surface area contributed by atoms with E-state index in [2.05, 4.69) is 17.9 Å². The van der Waals surface area contributed by atoms with Crippen LogP contribution in [0.15, 0.2) is 9.93 Å². The third kappa shape index (κ3) is 2.59. The van der Waals surface area contributed by atoms with Crippen molar-refractivity contribution in [2.45, 2.75) is 6.92 Å². The third-order valence-electron chi connectivity index (χ3n) is 0.814. The quantitative estimate of drug-likeness (QED) is 0.423. The molecule has 0 aromatic carbocycles. The van der Waals surface area contributed by atoms with Crippen LogP contribution in [-0.2, 0) is 10.1 Å². The van der Waals surface area contributed by atoms with Crippen LogP contribution in [0.1, 0.15) is 6.92 Å². The Morgan fingerprint density at radius 1 is 1.60 bits per heavy atom. The third-order valence-corrected chi connectivity index (χ3v) is 2.21. The highest BCUT2D eigenvalue weighted by atomic mass is 32.2. The summed E-state index contributed by atoms with van der Waals surface area (Å²) in [4.78, 5) is 0.227. The first-order chi connectivity index (χ1) is 4.39. The minimum atomic E-state index is -4.12. The molecule has 0 radical (unpaired) electrons. The van der Waals surface area contributed by atoms with Gasteiger partial charge in [0.25, 0.3) is 0 Å². The molecule has 0 aliphatic heterocycles. The second kappa shape index (κ2) is 3.27. The fourth-order valence-corrected chi connectivity index (χ4v) is 1.59. The molecular formula is C4H9NO3S2. The van der Waals surface area contributed by atoms with E-state index in [1.165, 1.54) is 14.0 Å². The average molecular weight is 183 g/mol. The Morgan fingerprint density at radius 2 is 2.00 bits per heavy atom. The van der Waals surface area contributed by atoms with E-state index in [1.807, 2.05) is 0 Å². The van der Waals surface area contributed by atoms with E-state index in [9.17, 15) is 8.42 Å². The van der Waals surface area contributed by atoms with Crippen LogP contribution >= 0.6 is 12.6 Å². The Balaban J connectivity index is 4.93. The highest BCUT2D eigenvalue weighted by Gasteiger charge is 2.12. The molecule has 0 atom stereocenters. The summed E-state index contributed by atoms with van der Waals surface area (Å²) in [6.45, 7) is 1.46. The number of nitrogens with one attached hydrogen (secondary N) is 1. The number of hydrogen-bond donors (Lipinski definition) is 3. The molecule has 0 saturated heterocycles. The number of allylic oxidation sites excluding steroid dienone is 1. The number of hydrogen-bond acceptors (Lipinski definition) is 4. The standard InChI is InChI=1S/C4H9NO3S2/c1-3(9)4(5-2)10(6,7)8/h5,9H,1-2H3,(H,6,7,8)/b4-3+. The topological polar surface area (TPSA) is 66.4 Å². The summed E-state index contributed by atoms with van der Waals surface area (Å²) in [7, 11) is -2.73. The van der Waals surface area contributed by atoms with Gasteiger partial charge in [0.2, 0.25) is 0 Å². The van der Waals surface area contributed by atoms with Gasteiger partial charge in [-0.25, -0.2) is 0 Å². The van der Waals surface area contributed by atoms with Crippen molar-refractivity contribution in [3.05, 3.63) is 9.93 Å². The van der Waals surface area contributed by atoms with Crippen molar-refractivity contribution >= 4 is 22.7 Å². The van der Waals surface area contributed by atoms with Crippen LogP contribution in [0.5, 0.6) is 0 Å². The maximum absolute atomic E-state index is 10.4. The van der Waals surface area contributed by atoms with Crippen molar-refractivity contribution in [2.75, 3.05) is 7.05 Å². The van der Waals surface area contributed by atoms with E-state index < -0.39 is 10.1 Å². The van der Waals surface area contributed by atoms with Gasteiger partial charge in [0.15, 0.2) is 5.03 Å². The zero-order chi connectivity index (χ0) is 8.36. The van der Waals surface area contributed by atoms with Gasteiger partial charge in [0.05, 0.1) is 0 Å². The summed E-state index contributed by atoms with van der Waals surface area (Å²) in [5.41, 5.74) is 0. The van der Waals surface area contributed by atoms with E-state index in [0.29, 0.717) is 0 Å². The zero-order valence-corrected chi connectivity index (χ0v) is 7.33. The molecular weight excluding hydrogens is 174 g/mol. The Kier molecular flexibility index (Phi) is 3.20. The summed E-state index contributed by atoms with van der Waals surface area (Å²) in [6.07, 6.45) is 0. The van der Waals surface area contributed by atoms with Crippen molar-refractivity contribution < 1.29 is 13.0 Å². The number of rotatable bonds is 2. The minimum absolute atomic E-state index is 0.227. The fraction of sp³-hybridized carbons (Fsp3) is 0.500. The molecule has 0 amide bonds. The van der Waals surface area contributed by atoms with Crippen molar-refractivity contribution in [1.29, 1.82) is 0 Å². The first-order valence-corrected chi connectivity index (χ1v) is 4.33. The molecule has 0 saturated carbocycles. The molecule has 0 fully saturated rings. The second-order valence-electron chi connectivity index (χ2n) is 1.64. The molecule has 0 aromatic rings. The lowest BCUT2D eigenvalue weighted by Crippen LogP contribution is -2.16. The SMILES string of the molecule is CN/C(=C(/C)S)S(=O)(=O)O. The highest BCUT2D eigenvalue weighted by molar-refractivity contribution is 7.91. The van der Waals surface area contributed by atoms with Gasteiger partial charge in [-0.3, -0.25) is 4.55 Å². The fourth-order valence-electron chi connectivity index (χ4n) is 0.497. The Labute approximate surface area is 65.5 Å². The zero-order valence-electron chi connectivity index (χ0n) is 5.62. The molecule has 0 unspecified atom stereocenters. The molecule has 4 nitrogen and oxygen atoms in total. The first kappa shape index (κ1) is 9.80. The lowest BCUT2D eigenvalue weighted by atomic mass is 10.7. The Morgan fingerprint density at radius 3 is 2.00 bits per heavy atom. The number of thiol groups is 1. The van der Waals surface area contributed by atoms with Crippen LogP contribution in [0.4, 0.5) is 0 Å². The van der Waals surface area contributed by atoms with Crippen molar-refractivity contribution in [1.82, 2.24) is 5.32 Å². The van der Waals surface area contributed by atoms with Gasteiger partial charge in [-0.2, -0.15) is 8.42 Å². The summed E-state index contributed by atoms with van der Waals surface area (Å²) in [5, 5.41) is 2.04. The van der Waals surface area contributed by atoms with Gasteiger partial charge >= 0.3 is 10.1 Å². The average Bonchev–Trinajstić information content (AvgIpc) is 1.60. The van der Waals surface area contributed by atoms with E-state index in [1.54, 1.807) is 0 Å². The lowest BCUT2D eigenvalue weighted by molar-refractivity contribution is 0.488. The van der Waals surface area contributed by atoms with Gasteiger partial charge in [-0.1, -0.05) is 0 Å². The largest absolute Gasteiger partial charge is 0.376 e. The first-order valence-electron chi connectivity index (χ1n) is 2.44. The molecule has 6 heteroatoms. The normalized spacial score (nSPS) is 14.4. The van der Waals surface area contributed by atoms with Crippen LogP contribution in [0, 0.1) is 0 Å². The molecule has 0 spiro atoms. The van der Waals surface area contributed by atoms with Crippen molar-refractivity contribution in [2.24, 2.45) is 0 Å². The van der Waals surface area contributed by atoms with Crippen molar-refractivity contribution in [3.63, 3.8) is 0 Å². The van der Waals surface area contributed by atoms with Gasteiger partial charge in [-0.15, -0.1) is 12.6 Å². The van der Waals surface area contributed by atoms with Crippen LogP contribution in [0.25, 0.3) is 0 Å². The molecule has 2 N–H and O–H groups in total. The molecule has 0 rings (SSSR count). The molecule has 0 aliphatic carbocycles. The predicted octanol–water partition coefficient (Wildman–Crippen LogP) is 0.212. The predicted molar refractivity (Wildman–Crippen MR) is 42.3 cm³/mol. The van der Waals surface area contributed by atoms with Gasteiger partial charge in [0.1, 0.15) is 0 Å². The smallest absolute Gasteiger partial charge is 0.310 e. The Bertz CT molecular complexity index is 237. The summed E-state index contributed by atoms with van der Waals surface area (Å²) >= 11 is 3.74. The molecule has 10 heavy (non-hydrogen) atoms. The van der Waals surface area contributed by atoms with Crippen LogP contribution in [0.3, 0.4) is 0 Å². The summed E-state index contributed by atoms with van der Waals surface area (Å²) in [6, 6.07) is 0. The van der Waals surface area contributed by atoms with E-state index in [4.69, 9.17) is 4.55 Å². The minimum Gasteiger partial charge on any atom is -0.376 e. The monoisotopic (exact) mass is 183 g/mol. The molecule has 0 aromatic heterocycles. The highest BCUT2D eigenvalue weighted by Crippen LogP contribution is 2.09. The van der Waals surface area contributed by atoms with E-state index >= 15 is 0 Å². The van der Waals surface area contributed by atoms with Crippen LogP contribution in [0.2, 0.25) is 0 Å². The van der Waals surface area contributed by atoms with E-state index in [-0.39, 0.29) is 9.93 Å². The molecule has 0 aliphatic rings. The van der Waals surface area contributed by atoms with Crippen LogP contribution in [-0.4, -0.2) is 20.0 Å². The van der Waals surface area contributed by atoms with Gasteiger partial charge in [0, 0.05) is 12.0 Å². The molecule has 60 valence electrons. The lowest BCUT2D eigenvalue weighted by Gasteiger charge is -2.02. The Hall–Kier alpha value is -0.200. The van der Waals surface area contributed by atoms with Crippen LogP contribution < -0.4 is 5.32 Å². The van der Waals surface area contributed by atoms with Crippen molar-refractivity contribution in [3.8, 4) is 0 Å². The van der Waals surface area contributed by atoms with Gasteiger partial charge in [-0.05, 0) is 6.92 Å². The molecule has 0 heterocycles. The summed E-state index contributed by atoms with van der Waals surface area (Å²) < 4.78 is 29.2. The maximum Gasteiger partial charge on any atom is 0.310 e. The summed E-state index contributed by atoms with van der Waals surface area (Å²) in [5.74, 6) is 0. The van der Waals surface area contributed by atoms with Gasteiger partial charge < -0.3 is 5.32 Å².